The first-order chi connectivity index (χ1) is 12.1. The average molecular weight is 356 g/mol. The van der Waals surface area contributed by atoms with Gasteiger partial charge in [-0.1, -0.05) is 22.6 Å². The molecule has 2 aromatic heterocycles. The Bertz CT molecular complexity index is 925. The van der Waals surface area contributed by atoms with E-state index in [1.807, 2.05) is 30.7 Å². The number of nitrogens with one attached hydrogen (secondary N) is 2. The first-order valence-corrected chi connectivity index (χ1v) is 9.24. The van der Waals surface area contributed by atoms with Crippen molar-refractivity contribution >= 4 is 32.6 Å². The monoisotopic (exact) mass is 356 g/mol. The van der Waals surface area contributed by atoms with E-state index in [1.165, 1.54) is 16.9 Å². The third kappa shape index (κ3) is 3.14. The molecule has 130 valence electrons. The maximum absolute atomic E-state index is 12.6. The molecule has 1 amide bonds. The zero-order valence-electron chi connectivity index (χ0n) is 14.2. The normalized spacial score (nSPS) is 15.6. The first-order valence-electron chi connectivity index (χ1n) is 8.43. The number of carbonyl (C=O) groups excluding carboxylic acids is 1. The molecule has 3 heterocycles. The molecule has 1 aromatic carbocycles. The third-order valence-corrected chi connectivity index (χ3v) is 5.50. The molecule has 0 radical (unpaired) electrons. The van der Waals surface area contributed by atoms with Crippen LogP contribution in [0.4, 0.5) is 5.13 Å². The Kier molecular flexibility index (Phi) is 4.22. The highest BCUT2D eigenvalue weighted by Crippen LogP contribution is 2.27. The van der Waals surface area contributed by atoms with Crippen LogP contribution in [0.25, 0.3) is 10.2 Å². The molecular formula is C17H20N6OS. The number of carbonyl (C=O) groups is 1. The van der Waals surface area contributed by atoms with Gasteiger partial charge in [0.1, 0.15) is 0 Å². The van der Waals surface area contributed by atoms with Gasteiger partial charge in [-0.25, -0.2) is 9.67 Å². The lowest BCUT2D eigenvalue weighted by Gasteiger charge is -2.23. The van der Waals surface area contributed by atoms with Gasteiger partial charge in [-0.05, 0) is 57.5 Å². The number of nitrogens with zero attached hydrogens (tertiary/aromatic N) is 4. The van der Waals surface area contributed by atoms with Gasteiger partial charge in [0, 0.05) is 0 Å². The zero-order valence-corrected chi connectivity index (χ0v) is 15.1. The molecule has 0 atom stereocenters. The molecule has 8 heteroatoms. The number of aromatic nitrogens is 4. The summed E-state index contributed by atoms with van der Waals surface area (Å²) in [6, 6.07) is 6.36. The van der Waals surface area contributed by atoms with Crippen LogP contribution in [-0.2, 0) is 0 Å². The van der Waals surface area contributed by atoms with Crippen molar-refractivity contribution in [2.45, 2.75) is 32.7 Å². The topological polar surface area (TPSA) is 84.7 Å². The van der Waals surface area contributed by atoms with Crippen LogP contribution < -0.4 is 10.6 Å². The van der Waals surface area contributed by atoms with E-state index < -0.39 is 0 Å². The van der Waals surface area contributed by atoms with Gasteiger partial charge in [-0.2, -0.15) is 0 Å². The summed E-state index contributed by atoms with van der Waals surface area (Å²) in [5.41, 5.74) is 3.24. The molecular weight excluding hydrogens is 336 g/mol. The number of thiazole rings is 1. The fourth-order valence-electron chi connectivity index (χ4n) is 3.19. The lowest BCUT2D eigenvalue weighted by atomic mass is 10.1. The highest BCUT2D eigenvalue weighted by atomic mass is 32.1. The van der Waals surface area contributed by atoms with Crippen molar-refractivity contribution in [1.82, 2.24) is 25.3 Å². The van der Waals surface area contributed by atoms with Crippen LogP contribution in [0.5, 0.6) is 0 Å². The molecule has 4 rings (SSSR count). The second-order valence-corrected chi connectivity index (χ2v) is 7.42. The Morgan fingerprint density at radius 2 is 2.12 bits per heavy atom. The lowest BCUT2D eigenvalue weighted by molar-refractivity contribution is 0.102. The van der Waals surface area contributed by atoms with E-state index in [4.69, 9.17) is 0 Å². The molecule has 0 spiro atoms. The van der Waals surface area contributed by atoms with Crippen molar-refractivity contribution in [1.29, 1.82) is 0 Å². The van der Waals surface area contributed by atoms with Crippen molar-refractivity contribution in [3.05, 3.63) is 35.2 Å². The molecule has 1 fully saturated rings. The van der Waals surface area contributed by atoms with E-state index in [9.17, 15) is 4.79 Å². The average Bonchev–Trinajstić information content (AvgIpc) is 3.18. The number of fused-ring (bicyclic) bond motifs is 1. The van der Waals surface area contributed by atoms with Crippen molar-refractivity contribution < 1.29 is 4.79 Å². The number of hydrogen-bond acceptors (Lipinski definition) is 6. The van der Waals surface area contributed by atoms with Gasteiger partial charge >= 0.3 is 0 Å². The van der Waals surface area contributed by atoms with Gasteiger partial charge in [0.15, 0.2) is 10.8 Å². The maximum atomic E-state index is 12.6. The van der Waals surface area contributed by atoms with Crippen LogP contribution >= 0.6 is 11.3 Å². The summed E-state index contributed by atoms with van der Waals surface area (Å²) in [6.45, 7) is 5.88. The van der Waals surface area contributed by atoms with E-state index >= 15 is 0 Å². The summed E-state index contributed by atoms with van der Waals surface area (Å²) in [7, 11) is 0. The number of rotatable bonds is 3. The van der Waals surface area contributed by atoms with Gasteiger partial charge in [0.2, 0.25) is 0 Å². The van der Waals surface area contributed by atoms with Crippen molar-refractivity contribution in [2.24, 2.45) is 0 Å². The Labute approximate surface area is 149 Å². The van der Waals surface area contributed by atoms with E-state index in [-0.39, 0.29) is 5.91 Å². The second-order valence-electron chi connectivity index (χ2n) is 6.39. The second kappa shape index (κ2) is 6.53. The number of amides is 1. The van der Waals surface area contributed by atoms with Gasteiger partial charge in [-0.3, -0.25) is 10.1 Å². The van der Waals surface area contributed by atoms with E-state index in [2.05, 4.69) is 32.0 Å². The summed E-state index contributed by atoms with van der Waals surface area (Å²) in [4.78, 5) is 17.1. The van der Waals surface area contributed by atoms with Crippen LogP contribution in [0.3, 0.4) is 0 Å². The summed E-state index contributed by atoms with van der Waals surface area (Å²) >= 11 is 1.47. The Hall–Kier alpha value is -2.32. The predicted molar refractivity (Wildman–Crippen MR) is 98.2 cm³/mol. The Morgan fingerprint density at radius 1 is 1.32 bits per heavy atom. The molecule has 3 aromatic rings. The highest BCUT2D eigenvalue weighted by molar-refractivity contribution is 7.22. The number of aryl methyl sites for hydroxylation is 1. The van der Waals surface area contributed by atoms with Crippen LogP contribution in [0.1, 0.15) is 40.6 Å². The molecule has 1 aliphatic heterocycles. The molecule has 0 bridgehead atoms. The maximum Gasteiger partial charge on any atom is 0.279 e. The van der Waals surface area contributed by atoms with Crippen LogP contribution in [0.15, 0.2) is 18.2 Å². The fraction of sp³-hybridized carbons (Fsp3) is 0.412. The molecule has 25 heavy (non-hydrogen) atoms. The van der Waals surface area contributed by atoms with Crippen molar-refractivity contribution in [3.63, 3.8) is 0 Å². The number of hydrogen-bond donors (Lipinski definition) is 2. The molecule has 1 aliphatic rings. The molecule has 0 aliphatic carbocycles. The molecule has 7 nitrogen and oxygen atoms in total. The van der Waals surface area contributed by atoms with Crippen LogP contribution in [0.2, 0.25) is 0 Å². The fourth-order valence-corrected chi connectivity index (χ4v) is 4.15. The van der Waals surface area contributed by atoms with Crippen molar-refractivity contribution in [3.8, 4) is 0 Å². The highest BCUT2D eigenvalue weighted by Gasteiger charge is 2.23. The number of anilines is 1. The zero-order chi connectivity index (χ0) is 17.4. The van der Waals surface area contributed by atoms with E-state index in [1.54, 1.807) is 0 Å². The van der Waals surface area contributed by atoms with Crippen LogP contribution in [-0.4, -0.2) is 39.0 Å². The van der Waals surface area contributed by atoms with Gasteiger partial charge in [0.05, 0.1) is 22.0 Å². The van der Waals surface area contributed by atoms with Crippen LogP contribution in [0, 0.1) is 13.8 Å². The minimum Gasteiger partial charge on any atom is -0.317 e. The lowest BCUT2D eigenvalue weighted by Crippen LogP contribution is -2.30. The SMILES string of the molecule is Cc1ccc2nc(NC(=O)c3nnn(C4CCNCC4)c3C)sc2c1. The largest absolute Gasteiger partial charge is 0.317 e. The molecule has 2 N–H and O–H groups in total. The first kappa shape index (κ1) is 16.2. The van der Waals surface area contributed by atoms with Crippen molar-refractivity contribution in [2.75, 3.05) is 18.4 Å². The standard InChI is InChI=1S/C17H20N6OS/c1-10-3-4-13-14(9-10)25-17(19-13)20-16(24)15-11(2)23(22-21-15)12-5-7-18-8-6-12/h3-4,9,12,18H,5-8H2,1-2H3,(H,19,20,24). The smallest absolute Gasteiger partial charge is 0.279 e. The predicted octanol–water partition coefficient (Wildman–Crippen LogP) is 2.68. The minimum atomic E-state index is -0.256. The summed E-state index contributed by atoms with van der Waals surface area (Å²) in [5.74, 6) is -0.256. The van der Waals surface area contributed by atoms with E-state index in [0.29, 0.717) is 16.9 Å². The summed E-state index contributed by atoms with van der Waals surface area (Å²) in [6.07, 6.45) is 2.00. The quantitative estimate of drug-likeness (QED) is 0.754. The van der Waals surface area contributed by atoms with E-state index in [0.717, 1.165) is 41.8 Å². The summed E-state index contributed by atoms with van der Waals surface area (Å²) < 4.78 is 2.95. The third-order valence-electron chi connectivity index (χ3n) is 4.56. The Morgan fingerprint density at radius 3 is 2.92 bits per heavy atom. The Balaban J connectivity index is 1.55. The summed E-state index contributed by atoms with van der Waals surface area (Å²) in [5, 5.41) is 15.1. The molecule has 0 saturated carbocycles. The molecule has 0 unspecified atom stereocenters. The van der Waals surface area contributed by atoms with Gasteiger partial charge in [0.25, 0.3) is 5.91 Å². The van der Waals surface area contributed by atoms with Gasteiger partial charge in [-0.15, -0.1) is 5.10 Å². The minimum absolute atomic E-state index is 0.256. The molecule has 1 saturated heterocycles. The van der Waals surface area contributed by atoms with Gasteiger partial charge < -0.3 is 5.32 Å². The number of benzene rings is 1. The number of piperidine rings is 1.